The Bertz CT molecular complexity index is 3670. The molecule has 6 heteroatoms. The third-order valence-corrected chi connectivity index (χ3v) is 12.8. The first-order valence-electron chi connectivity index (χ1n) is 23.9. The van der Waals surface area contributed by atoms with E-state index in [9.17, 15) is 4.39 Å². The number of fused-ring (bicyclic) bond motifs is 4. The van der Waals surface area contributed by atoms with Crippen molar-refractivity contribution in [2.75, 3.05) is 0 Å². The number of para-hydroxylation sites is 3. The van der Waals surface area contributed by atoms with E-state index in [2.05, 4.69) is 128 Å². The monoisotopic (exact) mass is 1050 g/mol. The first-order chi connectivity index (χ1) is 33.6. The molecule has 0 fully saturated rings. The van der Waals surface area contributed by atoms with Gasteiger partial charge in [0.2, 0.25) is 0 Å². The van der Waals surface area contributed by atoms with Crippen molar-refractivity contribution in [1.82, 2.24) is 14.5 Å². The van der Waals surface area contributed by atoms with Crippen molar-refractivity contribution in [2.45, 2.75) is 46.4 Å². The predicted molar refractivity (Wildman–Crippen MR) is 267 cm³/mol. The Labute approximate surface area is 408 Å². The van der Waals surface area contributed by atoms with Crippen LogP contribution in [-0.2, 0) is 45.8 Å². The average molecular weight is 1050 g/mol. The second-order valence-electron chi connectivity index (χ2n) is 17.1. The van der Waals surface area contributed by atoms with E-state index in [0.29, 0.717) is 16.8 Å². The van der Waals surface area contributed by atoms with Gasteiger partial charge in [-0.25, -0.2) is 0 Å². The normalized spacial score (nSPS) is 13.0. The van der Waals surface area contributed by atoms with E-state index in [1.165, 1.54) is 46.1 Å². The first-order valence-corrected chi connectivity index (χ1v) is 22.4. The van der Waals surface area contributed by atoms with Crippen molar-refractivity contribution < 1.29 is 33.0 Å². The molecule has 15 rings (SSSR count). The first kappa shape index (κ1) is 40.1. The van der Waals surface area contributed by atoms with E-state index in [4.69, 9.17) is 18.5 Å². The summed E-state index contributed by atoms with van der Waals surface area (Å²) in [6.07, 6.45) is 5.03. The molecular weight excluding hydrogens is 1000 g/mol. The molecule has 8 aromatic carbocycles. The van der Waals surface area contributed by atoms with Gasteiger partial charge in [0, 0.05) is 47.3 Å². The molecule has 0 amide bonds. The molecule has 0 atom stereocenters. The maximum atomic E-state index is 13.3. The largest absolute Gasteiger partial charge is 0.501 e. The Morgan fingerprint density at radius 3 is 2.16 bits per heavy atom. The van der Waals surface area contributed by atoms with E-state index in [0.717, 1.165) is 98.0 Å². The molecule has 3 heterocycles. The SMILES string of the molecule is Cc1cccc(C)c1-n1c(-c2[c-]cc(F)cc2)nc2ccccc21.[2H]C([2H])([2H])c1cnc(-c2[c-]ccc3c2oc2cc(-c4ccccc4)ccc23)cc1-c1cc2ccc1CCc1ccc(cc1)CC2.[Ir]. The predicted octanol–water partition coefficient (Wildman–Crippen LogP) is 15.2. The quantitative estimate of drug-likeness (QED) is 0.161. The molecule has 11 aromatic rings. The summed E-state index contributed by atoms with van der Waals surface area (Å²) < 4.78 is 47.2. The van der Waals surface area contributed by atoms with Crippen molar-refractivity contribution in [3.05, 3.63) is 233 Å². The van der Waals surface area contributed by atoms with Crippen LogP contribution in [0.1, 0.15) is 43.1 Å². The molecule has 0 N–H and O–H groups in total. The van der Waals surface area contributed by atoms with Crippen LogP contribution in [0.4, 0.5) is 4.39 Å². The Hall–Kier alpha value is -7.24. The number of rotatable bonds is 5. The van der Waals surface area contributed by atoms with Gasteiger partial charge in [-0.3, -0.25) is 9.37 Å². The van der Waals surface area contributed by atoms with Crippen LogP contribution >= 0.6 is 0 Å². The molecule has 0 spiro atoms. The van der Waals surface area contributed by atoms with Crippen LogP contribution < -0.4 is 0 Å². The fourth-order valence-electron chi connectivity index (χ4n) is 9.38. The van der Waals surface area contributed by atoms with Crippen LogP contribution in [0, 0.1) is 38.6 Å². The smallest absolute Gasteiger partial charge is 0.121 e. The number of hydrogen-bond acceptors (Lipinski definition) is 3. The molecule has 0 saturated heterocycles. The molecule has 329 valence electrons. The number of halogens is 1. The summed E-state index contributed by atoms with van der Waals surface area (Å²) in [5.41, 5.74) is 18.0. The van der Waals surface area contributed by atoms with Crippen molar-refractivity contribution >= 4 is 33.0 Å². The van der Waals surface area contributed by atoms with Crippen LogP contribution in [0.15, 0.2) is 180 Å². The average Bonchev–Trinajstić information content (AvgIpc) is 3.93. The molecule has 0 saturated carbocycles. The zero-order valence-corrected chi connectivity index (χ0v) is 39.4. The molecule has 4 aliphatic rings. The van der Waals surface area contributed by atoms with Crippen molar-refractivity contribution in [3.8, 4) is 50.6 Å². The zero-order valence-electron chi connectivity index (χ0n) is 40.0. The summed E-state index contributed by atoms with van der Waals surface area (Å²) >= 11 is 0. The Kier molecular flexibility index (Phi) is 11.1. The second-order valence-corrected chi connectivity index (χ2v) is 17.1. The molecular formula is C61H46FIrN3O-2. The fraction of sp³-hybridized carbons (Fsp3) is 0.115. The maximum Gasteiger partial charge on any atom is 0.121 e. The van der Waals surface area contributed by atoms with Gasteiger partial charge in [0.05, 0.1) is 22.4 Å². The topological polar surface area (TPSA) is 43.9 Å². The fourth-order valence-corrected chi connectivity index (χ4v) is 9.38. The molecule has 4 aliphatic carbocycles. The third kappa shape index (κ3) is 8.55. The Morgan fingerprint density at radius 1 is 0.642 bits per heavy atom. The van der Waals surface area contributed by atoms with Gasteiger partial charge in [0.25, 0.3) is 0 Å². The summed E-state index contributed by atoms with van der Waals surface area (Å²) in [5.74, 6) is 0.474. The number of aromatic nitrogens is 3. The van der Waals surface area contributed by atoms with E-state index >= 15 is 0 Å². The van der Waals surface area contributed by atoms with Crippen LogP contribution in [0.5, 0.6) is 0 Å². The number of furan rings is 1. The van der Waals surface area contributed by atoms with Crippen molar-refractivity contribution in [2.24, 2.45) is 0 Å². The van der Waals surface area contributed by atoms with Crippen LogP contribution in [0.25, 0.3) is 83.6 Å². The van der Waals surface area contributed by atoms with Gasteiger partial charge in [0.1, 0.15) is 5.58 Å². The van der Waals surface area contributed by atoms with E-state index in [-0.39, 0.29) is 31.5 Å². The standard InChI is InChI=1S/C40H30NO.C21H16FN2.Ir/c1-26-25-41-38(24-36(26)37-22-29-15-14-27-10-12-28(13-11-27)16-18-31(37)19-17-29)35-9-5-8-34-33-21-20-32(23-39(33)42-40(34)35)30-6-3-2-4-7-30;1-14-6-5-7-15(2)20(14)24-19-9-4-3-8-18(19)23-21(24)16-10-12-17(22)13-11-16;/h2-8,10-13,17,19-25H,14-16,18H2,1H3;3-10,12-13H,1-2H3;/q2*-1;/i1D3;;. The van der Waals surface area contributed by atoms with Crippen LogP contribution in [-0.4, -0.2) is 14.5 Å². The summed E-state index contributed by atoms with van der Waals surface area (Å²) in [7, 11) is 0. The van der Waals surface area contributed by atoms with Gasteiger partial charge in [0.15, 0.2) is 0 Å². The zero-order chi connectivity index (χ0) is 47.2. The molecule has 67 heavy (non-hydrogen) atoms. The number of imidazole rings is 1. The van der Waals surface area contributed by atoms with Gasteiger partial charge in [-0.05, 0) is 131 Å². The van der Waals surface area contributed by atoms with E-state index in [1.54, 1.807) is 6.07 Å². The van der Waals surface area contributed by atoms with Crippen LogP contribution in [0.3, 0.4) is 0 Å². The van der Waals surface area contributed by atoms with Gasteiger partial charge < -0.3 is 14.0 Å². The van der Waals surface area contributed by atoms with Crippen LogP contribution in [0.2, 0.25) is 0 Å². The number of pyridine rings is 1. The minimum atomic E-state index is -2.32. The second kappa shape index (κ2) is 18.6. The minimum absolute atomic E-state index is 0. The third-order valence-electron chi connectivity index (χ3n) is 12.8. The number of aryl methyl sites for hydroxylation is 7. The number of hydrogen-bond donors (Lipinski definition) is 0. The molecule has 1 radical (unpaired) electrons. The van der Waals surface area contributed by atoms with Gasteiger partial charge >= 0.3 is 0 Å². The van der Waals surface area contributed by atoms with E-state index in [1.807, 2.05) is 54.6 Å². The number of nitrogens with zero attached hydrogens (tertiary/aromatic N) is 3. The summed E-state index contributed by atoms with van der Waals surface area (Å²) in [6, 6.07) is 63.0. The van der Waals surface area contributed by atoms with Gasteiger partial charge in [-0.1, -0.05) is 132 Å². The Morgan fingerprint density at radius 2 is 1.39 bits per heavy atom. The number of benzene rings is 8. The summed E-state index contributed by atoms with van der Waals surface area (Å²) in [6.45, 7) is 1.86. The molecule has 3 aromatic heterocycles. The summed E-state index contributed by atoms with van der Waals surface area (Å²) in [5, 5.41) is 1.99. The van der Waals surface area contributed by atoms with Gasteiger partial charge in [-0.15, -0.1) is 48.0 Å². The summed E-state index contributed by atoms with van der Waals surface area (Å²) in [4.78, 5) is 9.49. The Balaban J connectivity index is 0.000000192. The van der Waals surface area contributed by atoms with Crippen molar-refractivity contribution in [3.63, 3.8) is 0 Å². The van der Waals surface area contributed by atoms with Gasteiger partial charge in [-0.2, -0.15) is 0 Å². The molecule has 4 bridgehead atoms. The molecule has 0 unspecified atom stereocenters. The maximum absolute atomic E-state index is 13.3. The van der Waals surface area contributed by atoms with E-state index < -0.39 is 6.85 Å². The van der Waals surface area contributed by atoms with Crippen molar-refractivity contribution in [1.29, 1.82) is 0 Å². The molecule has 0 aliphatic heterocycles. The molecule has 4 nitrogen and oxygen atoms in total. The minimum Gasteiger partial charge on any atom is -0.501 e.